The first-order valence-corrected chi connectivity index (χ1v) is 9.90. The predicted octanol–water partition coefficient (Wildman–Crippen LogP) is 3.53. The number of hydrogen-bond acceptors (Lipinski definition) is 8. The van der Waals surface area contributed by atoms with Gasteiger partial charge in [0.25, 0.3) is 5.22 Å². The molecule has 0 saturated heterocycles. The Balaban J connectivity index is 2.10. The van der Waals surface area contributed by atoms with Gasteiger partial charge in [-0.3, -0.25) is 4.79 Å². The molecule has 28 heavy (non-hydrogen) atoms. The van der Waals surface area contributed by atoms with Gasteiger partial charge < -0.3 is 19.2 Å². The van der Waals surface area contributed by atoms with Gasteiger partial charge in [0, 0.05) is 6.42 Å². The molecule has 0 bridgehead atoms. The zero-order valence-electron chi connectivity index (χ0n) is 16.4. The van der Waals surface area contributed by atoms with Crippen molar-refractivity contribution in [3.8, 4) is 0 Å². The highest BCUT2D eigenvalue weighted by molar-refractivity contribution is 7.99. The lowest BCUT2D eigenvalue weighted by molar-refractivity contribution is -0.139. The van der Waals surface area contributed by atoms with Gasteiger partial charge in [-0.1, -0.05) is 42.1 Å². The van der Waals surface area contributed by atoms with Crippen LogP contribution in [0.25, 0.3) is 0 Å². The summed E-state index contributed by atoms with van der Waals surface area (Å²) in [5.41, 5.74) is 0.360. The number of amides is 1. The number of thioether (sulfide) groups is 1. The van der Waals surface area contributed by atoms with Gasteiger partial charge in [0.1, 0.15) is 17.4 Å². The number of alkyl carbamates (subject to hydrolysis) is 1. The minimum absolute atomic E-state index is 0.0678. The van der Waals surface area contributed by atoms with Crippen LogP contribution in [0.2, 0.25) is 0 Å². The monoisotopic (exact) mass is 407 g/mol. The summed E-state index contributed by atoms with van der Waals surface area (Å²) < 4.78 is 15.8. The fraction of sp³-hybridized carbons (Fsp3) is 0.474. The van der Waals surface area contributed by atoms with E-state index in [1.54, 1.807) is 27.7 Å². The average Bonchev–Trinajstić information content (AvgIpc) is 3.08. The number of rotatable bonds is 8. The number of benzene rings is 1. The number of aromatic nitrogens is 2. The molecular weight excluding hydrogens is 382 g/mol. The molecule has 9 heteroatoms. The van der Waals surface area contributed by atoms with Crippen molar-refractivity contribution < 1.29 is 23.5 Å². The molecule has 0 unspecified atom stereocenters. The highest BCUT2D eigenvalue weighted by atomic mass is 32.2. The zero-order chi connectivity index (χ0) is 20.6. The van der Waals surface area contributed by atoms with Gasteiger partial charge in [0.2, 0.25) is 5.89 Å². The van der Waals surface area contributed by atoms with Crippen LogP contribution >= 0.6 is 11.8 Å². The average molecular weight is 407 g/mol. The highest BCUT2D eigenvalue weighted by Gasteiger charge is 2.25. The SMILES string of the molecule is CCOC(=O)CSc1nnc([C@H](Cc2ccccc2)NC(=O)OC(C)(C)C)o1. The van der Waals surface area contributed by atoms with Crippen molar-refractivity contribution in [1.29, 1.82) is 0 Å². The molecule has 2 aromatic rings. The molecule has 0 saturated carbocycles. The quantitative estimate of drug-likeness (QED) is 0.523. The standard InChI is InChI=1S/C19H25N3O5S/c1-5-25-15(23)12-28-18-22-21-16(26-18)14(11-13-9-7-6-8-10-13)20-17(24)27-19(2,3)4/h6-10,14H,5,11-12H2,1-4H3,(H,20,24)/t14-/m0/s1. The second-order valence-corrected chi connectivity index (χ2v) is 7.82. The summed E-state index contributed by atoms with van der Waals surface area (Å²) in [6, 6.07) is 9.05. The summed E-state index contributed by atoms with van der Waals surface area (Å²) >= 11 is 1.08. The van der Waals surface area contributed by atoms with E-state index in [4.69, 9.17) is 13.9 Å². The molecule has 0 aliphatic rings. The molecule has 0 aliphatic heterocycles. The van der Waals surface area contributed by atoms with Crippen LogP contribution in [-0.4, -0.2) is 40.2 Å². The van der Waals surface area contributed by atoms with E-state index in [0.29, 0.717) is 13.0 Å². The van der Waals surface area contributed by atoms with Gasteiger partial charge in [-0.25, -0.2) is 4.79 Å². The molecule has 1 atom stereocenters. The molecule has 0 fully saturated rings. The normalized spacial score (nSPS) is 12.3. The molecular formula is C19H25N3O5S. The van der Waals surface area contributed by atoms with Crippen molar-refractivity contribution in [3.05, 3.63) is 41.8 Å². The number of esters is 1. The maximum absolute atomic E-state index is 12.2. The van der Waals surface area contributed by atoms with Crippen molar-refractivity contribution in [2.45, 2.75) is 51.0 Å². The van der Waals surface area contributed by atoms with E-state index in [-0.39, 0.29) is 22.8 Å². The van der Waals surface area contributed by atoms with E-state index in [9.17, 15) is 9.59 Å². The molecule has 1 aromatic carbocycles. The lowest BCUT2D eigenvalue weighted by atomic mass is 10.1. The molecule has 2 rings (SSSR count). The maximum atomic E-state index is 12.2. The number of nitrogens with zero attached hydrogens (tertiary/aromatic N) is 2. The summed E-state index contributed by atoms with van der Waals surface area (Å²) in [5, 5.41) is 11.0. The Bertz CT molecular complexity index is 773. The molecule has 8 nitrogen and oxygen atoms in total. The van der Waals surface area contributed by atoms with E-state index >= 15 is 0 Å². The van der Waals surface area contributed by atoms with Crippen LogP contribution in [0.15, 0.2) is 40.0 Å². The summed E-state index contributed by atoms with van der Waals surface area (Å²) in [6.07, 6.45) is -0.128. The second kappa shape index (κ2) is 10.1. The number of carbonyl (C=O) groups is 2. The largest absolute Gasteiger partial charge is 0.465 e. The topological polar surface area (TPSA) is 104 Å². The molecule has 1 amide bonds. The fourth-order valence-corrected chi connectivity index (χ4v) is 2.81. The highest BCUT2D eigenvalue weighted by Crippen LogP contribution is 2.23. The Labute approximate surface area is 168 Å². The van der Waals surface area contributed by atoms with Crippen LogP contribution in [0.4, 0.5) is 4.79 Å². The van der Waals surface area contributed by atoms with Crippen LogP contribution < -0.4 is 5.32 Å². The van der Waals surface area contributed by atoms with Gasteiger partial charge in [0.15, 0.2) is 0 Å². The minimum Gasteiger partial charge on any atom is -0.465 e. The van der Waals surface area contributed by atoms with Crippen molar-refractivity contribution in [2.24, 2.45) is 0 Å². The molecule has 0 spiro atoms. The number of hydrogen-bond donors (Lipinski definition) is 1. The van der Waals surface area contributed by atoms with Gasteiger partial charge >= 0.3 is 12.1 Å². The van der Waals surface area contributed by atoms with Crippen LogP contribution in [0, 0.1) is 0 Å². The summed E-state index contributed by atoms with van der Waals surface area (Å²) in [5.74, 6) is -0.0563. The van der Waals surface area contributed by atoms with Crippen molar-refractivity contribution in [3.63, 3.8) is 0 Å². The summed E-state index contributed by atoms with van der Waals surface area (Å²) in [4.78, 5) is 23.7. The van der Waals surface area contributed by atoms with Crippen LogP contribution in [0.3, 0.4) is 0 Å². The molecule has 1 N–H and O–H groups in total. The molecule has 0 aliphatic carbocycles. The Morgan fingerprint density at radius 2 is 1.93 bits per heavy atom. The van der Waals surface area contributed by atoms with E-state index in [0.717, 1.165) is 17.3 Å². The molecule has 1 heterocycles. The van der Waals surface area contributed by atoms with Gasteiger partial charge in [-0.05, 0) is 33.3 Å². The van der Waals surface area contributed by atoms with Gasteiger partial charge in [-0.2, -0.15) is 0 Å². The number of nitrogens with one attached hydrogen (secondary N) is 1. The third-order valence-corrected chi connectivity index (χ3v) is 4.10. The first-order chi connectivity index (χ1) is 13.3. The fourth-order valence-electron chi connectivity index (χ4n) is 2.24. The molecule has 1 aromatic heterocycles. The Kier molecular flexibility index (Phi) is 7.86. The Morgan fingerprint density at radius 1 is 1.21 bits per heavy atom. The first kappa shape index (κ1) is 21.7. The van der Waals surface area contributed by atoms with E-state index in [1.807, 2.05) is 30.3 Å². The second-order valence-electron chi connectivity index (χ2n) is 6.89. The third kappa shape index (κ3) is 7.59. The zero-order valence-corrected chi connectivity index (χ0v) is 17.2. The Hall–Kier alpha value is -2.55. The number of ether oxygens (including phenoxy) is 2. The minimum atomic E-state index is -0.628. The predicted molar refractivity (Wildman–Crippen MR) is 104 cm³/mol. The third-order valence-electron chi connectivity index (χ3n) is 3.31. The van der Waals surface area contributed by atoms with Gasteiger partial charge in [0.05, 0.1) is 6.61 Å². The summed E-state index contributed by atoms with van der Waals surface area (Å²) in [7, 11) is 0. The van der Waals surface area contributed by atoms with Crippen molar-refractivity contribution >= 4 is 23.8 Å². The summed E-state index contributed by atoms with van der Waals surface area (Å²) in [6.45, 7) is 7.41. The smallest absolute Gasteiger partial charge is 0.408 e. The van der Waals surface area contributed by atoms with Crippen molar-refractivity contribution in [2.75, 3.05) is 12.4 Å². The lowest BCUT2D eigenvalue weighted by Gasteiger charge is -2.22. The van der Waals surface area contributed by atoms with Gasteiger partial charge in [-0.15, -0.1) is 10.2 Å². The van der Waals surface area contributed by atoms with Crippen molar-refractivity contribution in [1.82, 2.24) is 15.5 Å². The maximum Gasteiger partial charge on any atom is 0.408 e. The Morgan fingerprint density at radius 3 is 2.57 bits per heavy atom. The number of carbonyl (C=O) groups excluding carboxylic acids is 2. The van der Waals surface area contributed by atoms with E-state index in [1.165, 1.54) is 0 Å². The van der Waals surface area contributed by atoms with Crippen LogP contribution in [-0.2, 0) is 20.7 Å². The van der Waals surface area contributed by atoms with Crippen LogP contribution in [0.5, 0.6) is 0 Å². The van der Waals surface area contributed by atoms with E-state index < -0.39 is 17.7 Å². The lowest BCUT2D eigenvalue weighted by Crippen LogP contribution is -2.36. The van der Waals surface area contributed by atoms with E-state index in [2.05, 4.69) is 15.5 Å². The molecule has 0 radical (unpaired) electrons. The molecule has 152 valence electrons. The van der Waals surface area contributed by atoms with Crippen LogP contribution in [0.1, 0.15) is 45.2 Å². The first-order valence-electron chi connectivity index (χ1n) is 8.92.